The van der Waals surface area contributed by atoms with Crippen LogP contribution in [0.4, 0.5) is 10.6 Å². The molecule has 0 spiro atoms. The van der Waals surface area contributed by atoms with Gasteiger partial charge in [0.1, 0.15) is 5.76 Å². The van der Waals surface area contributed by atoms with Crippen molar-refractivity contribution in [2.45, 2.75) is 13.3 Å². The number of carbonyl (C=O) groups excluding carboxylic acids is 1. The summed E-state index contributed by atoms with van der Waals surface area (Å²) < 4.78 is 4.89. The molecule has 0 aliphatic carbocycles. The molecule has 0 saturated heterocycles. The minimum absolute atomic E-state index is 0.304. The molecule has 22 heavy (non-hydrogen) atoms. The summed E-state index contributed by atoms with van der Waals surface area (Å²) in [6.45, 7) is 2.28. The number of hydrogen-bond donors (Lipinski definition) is 2. The average molecular weight is 296 g/mol. The van der Waals surface area contributed by atoms with Crippen LogP contribution in [-0.4, -0.2) is 22.7 Å². The fraction of sp³-hybridized carbons (Fsp3) is 0.188. The maximum Gasteiger partial charge on any atom is 0.320 e. The molecular weight excluding hydrogens is 280 g/mol. The number of fused-ring (bicyclic) bond motifs is 1. The SMILES string of the molecule is Cc1cc(NC(=O)NCCc2cccc3cccnc23)no1. The highest BCUT2D eigenvalue weighted by molar-refractivity contribution is 5.88. The molecule has 0 saturated carbocycles. The first-order valence-electron chi connectivity index (χ1n) is 7.03. The highest BCUT2D eigenvalue weighted by Crippen LogP contribution is 2.16. The van der Waals surface area contributed by atoms with E-state index in [0.29, 0.717) is 24.5 Å². The van der Waals surface area contributed by atoms with Crippen LogP contribution in [0, 0.1) is 6.92 Å². The quantitative estimate of drug-likeness (QED) is 0.775. The molecule has 3 aromatic rings. The van der Waals surface area contributed by atoms with Crippen LogP contribution in [0.25, 0.3) is 10.9 Å². The van der Waals surface area contributed by atoms with E-state index in [9.17, 15) is 4.79 Å². The predicted molar refractivity (Wildman–Crippen MR) is 83.7 cm³/mol. The summed E-state index contributed by atoms with van der Waals surface area (Å²) in [4.78, 5) is 16.2. The number of aryl methyl sites for hydroxylation is 1. The molecule has 2 aromatic heterocycles. The Morgan fingerprint density at radius 2 is 2.14 bits per heavy atom. The number of urea groups is 1. The van der Waals surface area contributed by atoms with Crippen LogP contribution in [0.2, 0.25) is 0 Å². The Kier molecular flexibility index (Phi) is 4.00. The molecule has 1 aromatic carbocycles. The maximum atomic E-state index is 11.8. The lowest BCUT2D eigenvalue weighted by Gasteiger charge is -2.07. The average Bonchev–Trinajstić information content (AvgIpc) is 2.92. The second-order valence-corrected chi connectivity index (χ2v) is 4.95. The maximum absolute atomic E-state index is 11.8. The Morgan fingerprint density at radius 3 is 2.95 bits per heavy atom. The van der Waals surface area contributed by atoms with Gasteiger partial charge in [0.05, 0.1) is 5.52 Å². The Labute approximate surface area is 127 Å². The van der Waals surface area contributed by atoms with Crippen molar-refractivity contribution in [3.63, 3.8) is 0 Å². The van der Waals surface area contributed by atoms with Gasteiger partial charge in [0.25, 0.3) is 0 Å². The van der Waals surface area contributed by atoms with E-state index in [2.05, 4.69) is 20.8 Å². The summed E-state index contributed by atoms with van der Waals surface area (Å²) in [6, 6.07) is 11.3. The Morgan fingerprint density at radius 1 is 1.27 bits per heavy atom. The van der Waals surface area contributed by atoms with Crippen LogP contribution in [0.15, 0.2) is 47.1 Å². The molecule has 112 valence electrons. The molecule has 2 N–H and O–H groups in total. The van der Waals surface area contributed by atoms with Gasteiger partial charge in [-0.05, 0) is 25.0 Å². The molecule has 3 rings (SSSR count). The predicted octanol–water partition coefficient (Wildman–Crippen LogP) is 2.90. The van der Waals surface area contributed by atoms with E-state index in [4.69, 9.17) is 4.52 Å². The zero-order valence-corrected chi connectivity index (χ0v) is 12.2. The minimum atomic E-state index is -0.304. The second-order valence-electron chi connectivity index (χ2n) is 4.95. The van der Waals surface area contributed by atoms with Crippen LogP contribution in [0.1, 0.15) is 11.3 Å². The molecule has 0 aliphatic heterocycles. The van der Waals surface area contributed by atoms with Gasteiger partial charge >= 0.3 is 6.03 Å². The number of rotatable bonds is 4. The van der Waals surface area contributed by atoms with Crippen molar-refractivity contribution in [1.29, 1.82) is 0 Å². The number of nitrogens with zero attached hydrogens (tertiary/aromatic N) is 2. The number of para-hydroxylation sites is 1. The molecule has 6 heteroatoms. The first-order valence-corrected chi connectivity index (χ1v) is 7.03. The van der Waals surface area contributed by atoms with Gasteiger partial charge in [0.15, 0.2) is 5.82 Å². The lowest BCUT2D eigenvalue weighted by Crippen LogP contribution is -2.30. The Hall–Kier alpha value is -2.89. The Balaban J connectivity index is 1.57. The molecule has 0 unspecified atom stereocenters. The van der Waals surface area contributed by atoms with Crippen LogP contribution < -0.4 is 10.6 Å². The van der Waals surface area contributed by atoms with Crippen LogP contribution >= 0.6 is 0 Å². The van der Waals surface area contributed by atoms with Crippen LogP contribution in [0.3, 0.4) is 0 Å². The fourth-order valence-electron chi connectivity index (χ4n) is 2.27. The first kappa shape index (κ1) is 14.1. The van der Waals surface area contributed by atoms with Crippen molar-refractivity contribution >= 4 is 22.8 Å². The first-order chi connectivity index (χ1) is 10.7. The van der Waals surface area contributed by atoms with E-state index in [1.54, 1.807) is 19.2 Å². The minimum Gasteiger partial charge on any atom is -0.360 e. The van der Waals surface area contributed by atoms with E-state index in [0.717, 1.165) is 16.5 Å². The van der Waals surface area contributed by atoms with Crippen molar-refractivity contribution in [3.05, 3.63) is 53.9 Å². The summed E-state index contributed by atoms with van der Waals surface area (Å²) >= 11 is 0. The number of anilines is 1. The second kappa shape index (κ2) is 6.26. The molecule has 2 heterocycles. The largest absolute Gasteiger partial charge is 0.360 e. The van der Waals surface area contributed by atoms with Gasteiger partial charge in [-0.25, -0.2) is 4.79 Å². The molecule has 6 nitrogen and oxygen atoms in total. The molecule has 2 amide bonds. The lowest BCUT2D eigenvalue weighted by atomic mass is 10.1. The highest BCUT2D eigenvalue weighted by Gasteiger charge is 2.06. The summed E-state index contributed by atoms with van der Waals surface area (Å²) in [7, 11) is 0. The number of nitrogens with one attached hydrogen (secondary N) is 2. The van der Waals surface area contributed by atoms with Gasteiger partial charge in [-0.3, -0.25) is 10.3 Å². The molecule has 0 fully saturated rings. The number of carbonyl (C=O) groups is 1. The van der Waals surface area contributed by atoms with E-state index in [1.165, 1.54) is 0 Å². The molecule has 0 radical (unpaired) electrons. The number of benzene rings is 1. The van der Waals surface area contributed by atoms with Crippen molar-refractivity contribution in [2.75, 3.05) is 11.9 Å². The highest BCUT2D eigenvalue weighted by atomic mass is 16.5. The smallest absolute Gasteiger partial charge is 0.320 e. The van der Waals surface area contributed by atoms with E-state index >= 15 is 0 Å². The zero-order valence-electron chi connectivity index (χ0n) is 12.2. The number of pyridine rings is 1. The van der Waals surface area contributed by atoms with Crippen molar-refractivity contribution in [3.8, 4) is 0 Å². The topological polar surface area (TPSA) is 80.0 Å². The molecule has 0 bridgehead atoms. The van der Waals surface area contributed by atoms with Gasteiger partial charge < -0.3 is 9.84 Å². The monoisotopic (exact) mass is 296 g/mol. The normalized spacial score (nSPS) is 10.6. The van der Waals surface area contributed by atoms with E-state index < -0.39 is 0 Å². The third kappa shape index (κ3) is 3.22. The lowest BCUT2D eigenvalue weighted by molar-refractivity contribution is 0.252. The van der Waals surface area contributed by atoms with Crippen molar-refractivity contribution in [1.82, 2.24) is 15.5 Å². The molecule has 0 atom stereocenters. The molecule has 0 aliphatic rings. The Bertz CT molecular complexity index is 792. The number of hydrogen-bond acceptors (Lipinski definition) is 4. The summed E-state index contributed by atoms with van der Waals surface area (Å²) in [5.41, 5.74) is 2.08. The van der Waals surface area contributed by atoms with Crippen molar-refractivity contribution in [2.24, 2.45) is 0 Å². The summed E-state index contributed by atoms with van der Waals surface area (Å²) in [5, 5.41) is 10.2. The zero-order chi connectivity index (χ0) is 15.4. The van der Waals surface area contributed by atoms with Gasteiger partial charge in [0.2, 0.25) is 0 Å². The van der Waals surface area contributed by atoms with Crippen LogP contribution in [-0.2, 0) is 6.42 Å². The van der Waals surface area contributed by atoms with Gasteiger partial charge in [-0.1, -0.05) is 29.4 Å². The van der Waals surface area contributed by atoms with E-state index in [-0.39, 0.29) is 6.03 Å². The van der Waals surface area contributed by atoms with Gasteiger partial charge in [-0.2, -0.15) is 0 Å². The summed E-state index contributed by atoms with van der Waals surface area (Å²) in [5.74, 6) is 1.05. The third-order valence-electron chi connectivity index (χ3n) is 3.27. The van der Waals surface area contributed by atoms with E-state index in [1.807, 2.05) is 30.3 Å². The molecular formula is C16H16N4O2. The van der Waals surface area contributed by atoms with Crippen LogP contribution in [0.5, 0.6) is 0 Å². The summed E-state index contributed by atoms with van der Waals surface area (Å²) in [6.07, 6.45) is 2.48. The fourth-order valence-corrected chi connectivity index (χ4v) is 2.27. The van der Waals surface area contributed by atoms with Gasteiger partial charge in [0, 0.05) is 24.2 Å². The standard InChI is InChI=1S/C16H16N4O2/c1-11-10-14(20-22-11)19-16(21)18-9-7-13-5-2-4-12-6-3-8-17-15(12)13/h2-6,8,10H,7,9H2,1H3,(H2,18,19,20,21). The third-order valence-corrected chi connectivity index (χ3v) is 3.27. The number of aromatic nitrogens is 2. The van der Waals surface area contributed by atoms with Gasteiger partial charge in [-0.15, -0.1) is 0 Å². The van der Waals surface area contributed by atoms with Crippen molar-refractivity contribution < 1.29 is 9.32 Å². The number of amides is 2.